The second-order valence-corrected chi connectivity index (χ2v) is 9.69. The molecule has 0 unspecified atom stereocenters. The molecule has 2 heterocycles. The number of hydrogen-bond acceptors (Lipinski definition) is 9. The molecular formula is C22H28N4O6S. The number of hydrogen-bond donors (Lipinski definition) is 0. The third kappa shape index (κ3) is 6.41. The minimum absolute atomic E-state index is 0.0873. The van der Waals surface area contributed by atoms with Crippen LogP contribution < -0.4 is 9.57 Å². The number of likely N-dealkylation sites (tertiary alicyclic amines) is 1. The molecule has 1 amide bonds. The van der Waals surface area contributed by atoms with Gasteiger partial charge in [-0.2, -0.15) is 4.98 Å². The molecule has 1 saturated heterocycles. The van der Waals surface area contributed by atoms with E-state index in [1.807, 2.05) is 0 Å². The number of ether oxygens (including phenoxy) is 2. The number of sulfone groups is 1. The van der Waals surface area contributed by atoms with Crippen molar-refractivity contribution in [3.63, 3.8) is 0 Å². The van der Waals surface area contributed by atoms with Gasteiger partial charge < -0.3 is 19.2 Å². The highest BCUT2D eigenvalue weighted by atomic mass is 32.2. The summed E-state index contributed by atoms with van der Waals surface area (Å²) >= 11 is 0. The summed E-state index contributed by atoms with van der Waals surface area (Å²) in [7, 11) is -3.26. The Bertz CT molecular complexity index is 1110. The van der Waals surface area contributed by atoms with Gasteiger partial charge in [-0.25, -0.2) is 18.2 Å². The number of carbonyl (C=O) groups is 1. The first-order chi connectivity index (χ1) is 15.7. The van der Waals surface area contributed by atoms with Crippen LogP contribution in [0.1, 0.15) is 37.8 Å². The molecule has 1 aliphatic heterocycles. The zero-order valence-electron chi connectivity index (χ0n) is 19.1. The Morgan fingerprint density at radius 1 is 1.15 bits per heavy atom. The van der Waals surface area contributed by atoms with Crippen molar-refractivity contribution in [2.45, 2.75) is 44.6 Å². The zero-order valence-corrected chi connectivity index (χ0v) is 20.0. The molecule has 1 aliphatic rings. The Labute approximate surface area is 193 Å². The van der Waals surface area contributed by atoms with Gasteiger partial charge in [0.05, 0.1) is 22.8 Å². The summed E-state index contributed by atoms with van der Waals surface area (Å²) in [5, 5.41) is 4.12. The van der Waals surface area contributed by atoms with Crippen molar-refractivity contribution in [2.24, 2.45) is 5.16 Å². The van der Waals surface area contributed by atoms with E-state index in [0.717, 1.165) is 11.8 Å². The van der Waals surface area contributed by atoms with E-state index in [2.05, 4.69) is 15.1 Å². The minimum atomic E-state index is -3.26. The SMILES string of the molecule is CCOC(=O)N1CCC(Oc2ncnc(O/N=C(/C)c3ccc(S(C)(=O)=O)cc3)c2C)CC1. The number of rotatable bonds is 7. The molecule has 1 fully saturated rings. The third-order valence-corrected chi connectivity index (χ3v) is 6.34. The van der Waals surface area contributed by atoms with Gasteiger partial charge >= 0.3 is 6.09 Å². The highest BCUT2D eigenvalue weighted by molar-refractivity contribution is 7.90. The van der Waals surface area contributed by atoms with E-state index in [1.165, 1.54) is 18.5 Å². The van der Waals surface area contributed by atoms with Crippen LogP contribution >= 0.6 is 0 Å². The van der Waals surface area contributed by atoms with E-state index >= 15 is 0 Å². The summed E-state index contributed by atoms with van der Waals surface area (Å²) in [6.07, 6.45) is 3.45. The summed E-state index contributed by atoms with van der Waals surface area (Å²) in [6, 6.07) is 6.39. The first-order valence-electron chi connectivity index (χ1n) is 10.6. The Balaban J connectivity index is 1.62. The van der Waals surface area contributed by atoms with Crippen LogP contribution in [-0.2, 0) is 14.6 Å². The average molecular weight is 477 g/mol. The smallest absolute Gasteiger partial charge is 0.409 e. The summed E-state index contributed by atoms with van der Waals surface area (Å²) in [5.41, 5.74) is 1.88. The van der Waals surface area contributed by atoms with Crippen LogP contribution in [-0.4, -0.2) is 67.1 Å². The molecule has 2 aromatic rings. The van der Waals surface area contributed by atoms with Crippen molar-refractivity contribution >= 4 is 21.6 Å². The molecule has 1 aromatic heterocycles. The van der Waals surface area contributed by atoms with Crippen molar-refractivity contribution in [1.29, 1.82) is 0 Å². The maximum absolute atomic E-state index is 11.8. The number of nitrogens with zero attached hydrogens (tertiary/aromatic N) is 4. The molecular weight excluding hydrogens is 448 g/mol. The average Bonchev–Trinajstić information content (AvgIpc) is 2.79. The summed E-state index contributed by atoms with van der Waals surface area (Å²) in [5.74, 6) is 0.663. The molecule has 0 aliphatic carbocycles. The lowest BCUT2D eigenvalue weighted by Crippen LogP contribution is -2.42. The molecule has 0 bridgehead atoms. The Hall–Kier alpha value is -3.21. The monoisotopic (exact) mass is 476 g/mol. The normalized spacial score (nSPS) is 15.3. The molecule has 0 N–H and O–H groups in total. The maximum atomic E-state index is 11.8. The van der Waals surface area contributed by atoms with E-state index in [-0.39, 0.29) is 23.0 Å². The van der Waals surface area contributed by atoms with Gasteiger partial charge in [0.15, 0.2) is 9.84 Å². The van der Waals surface area contributed by atoms with Gasteiger partial charge in [-0.15, -0.1) is 0 Å². The van der Waals surface area contributed by atoms with Gasteiger partial charge in [0.1, 0.15) is 12.4 Å². The Kier molecular flexibility index (Phi) is 7.85. The number of piperidine rings is 1. The number of aromatic nitrogens is 2. The summed E-state index contributed by atoms with van der Waals surface area (Å²) in [4.78, 5) is 27.6. The van der Waals surface area contributed by atoms with Crippen LogP contribution in [0.25, 0.3) is 0 Å². The standard InChI is InChI=1S/C22H28N4O6S/c1-5-30-22(27)26-12-10-18(11-13-26)31-20-15(2)21(24-14-23-20)32-25-16(3)17-6-8-19(9-7-17)33(4,28)29/h6-9,14,18H,5,10-13H2,1-4H3/b25-16-. The van der Waals surface area contributed by atoms with E-state index in [4.69, 9.17) is 14.3 Å². The molecule has 0 spiro atoms. The molecule has 1 aromatic carbocycles. The van der Waals surface area contributed by atoms with Crippen LogP contribution in [0.3, 0.4) is 0 Å². The first-order valence-corrected chi connectivity index (χ1v) is 12.5. The molecule has 178 valence electrons. The number of benzene rings is 1. The maximum Gasteiger partial charge on any atom is 0.409 e. The van der Waals surface area contributed by atoms with E-state index in [0.29, 0.717) is 49.7 Å². The fourth-order valence-corrected chi connectivity index (χ4v) is 3.90. The molecule has 0 radical (unpaired) electrons. The summed E-state index contributed by atoms with van der Waals surface area (Å²) in [6.45, 7) is 6.78. The van der Waals surface area contributed by atoms with Gasteiger partial charge in [0, 0.05) is 32.2 Å². The molecule has 0 saturated carbocycles. The Morgan fingerprint density at radius 3 is 2.39 bits per heavy atom. The van der Waals surface area contributed by atoms with Crippen LogP contribution in [0.5, 0.6) is 11.8 Å². The highest BCUT2D eigenvalue weighted by Gasteiger charge is 2.26. The van der Waals surface area contributed by atoms with Gasteiger partial charge in [-0.3, -0.25) is 0 Å². The van der Waals surface area contributed by atoms with Crippen LogP contribution in [0.2, 0.25) is 0 Å². The quantitative estimate of drug-likeness (QED) is 0.442. The van der Waals surface area contributed by atoms with Crippen molar-refractivity contribution in [2.75, 3.05) is 26.0 Å². The Morgan fingerprint density at radius 2 is 1.79 bits per heavy atom. The summed E-state index contributed by atoms with van der Waals surface area (Å²) < 4.78 is 34.3. The third-order valence-electron chi connectivity index (χ3n) is 5.21. The van der Waals surface area contributed by atoms with Crippen LogP contribution in [0, 0.1) is 6.92 Å². The number of oxime groups is 1. The molecule has 11 heteroatoms. The largest absolute Gasteiger partial charge is 0.474 e. The molecule has 10 nitrogen and oxygen atoms in total. The lowest BCUT2D eigenvalue weighted by Gasteiger charge is -2.31. The number of carbonyl (C=O) groups excluding carboxylic acids is 1. The predicted octanol–water partition coefficient (Wildman–Crippen LogP) is 2.99. The van der Waals surface area contributed by atoms with Gasteiger partial charge in [0.2, 0.25) is 5.88 Å². The lowest BCUT2D eigenvalue weighted by molar-refractivity contribution is 0.0683. The number of amides is 1. The second-order valence-electron chi connectivity index (χ2n) is 7.68. The topological polar surface area (TPSA) is 120 Å². The van der Waals surface area contributed by atoms with Crippen molar-refractivity contribution in [3.05, 3.63) is 41.7 Å². The molecule has 3 rings (SSSR count). The fraction of sp³-hybridized carbons (Fsp3) is 0.455. The van der Waals surface area contributed by atoms with Gasteiger partial charge in [-0.1, -0.05) is 17.3 Å². The lowest BCUT2D eigenvalue weighted by atomic mass is 10.1. The highest BCUT2D eigenvalue weighted by Crippen LogP contribution is 2.26. The van der Waals surface area contributed by atoms with Crippen LogP contribution in [0.4, 0.5) is 4.79 Å². The van der Waals surface area contributed by atoms with Gasteiger partial charge in [0.25, 0.3) is 5.88 Å². The fourth-order valence-electron chi connectivity index (χ4n) is 3.27. The first kappa shape index (κ1) is 24.4. The van der Waals surface area contributed by atoms with Gasteiger partial charge in [-0.05, 0) is 38.5 Å². The van der Waals surface area contributed by atoms with Crippen molar-refractivity contribution in [1.82, 2.24) is 14.9 Å². The zero-order chi connectivity index (χ0) is 24.0. The van der Waals surface area contributed by atoms with E-state index in [9.17, 15) is 13.2 Å². The predicted molar refractivity (Wildman–Crippen MR) is 121 cm³/mol. The van der Waals surface area contributed by atoms with E-state index < -0.39 is 9.84 Å². The van der Waals surface area contributed by atoms with E-state index in [1.54, 1.807) is 37.8 Å². The minimum Gasteiger partial charge on any atom is -0.474 e. The van der Waals surface area contributed by atoms with Crippen molar-refractivity contribution < 1.29 is 27.5 Å². The van der Waals surface area contributed by atoms with Crippen LogP contribution in [0.15, 0.2) is 40.6 Å². The second kappa shape index (κ2) is 10.6. The molecule has 0 atom stereocenters. The molecule has 33 heavy (non-hydrogen) atoms. The van der Waals surface area contributed by atoms with Crippen molar-refractivity contribution in [3.8, 4) is 11.8 Å².